The summed E-state index contributed by atoms with van der Waals surface area (Å²) in [6, 6.07) is 0. The van der Waals surface area contributed by atoms with Crippen molar-refractivity contribution in [3.63, 3.8) is 0 Å². The minimum absolute atomic E-state index is 0.727. The van der Waals surface area contributed by atoms with Crippen molar-refractivity contribution < 1.29 is 0 Å². The first-order valence-corrected chi connectivity index (χ1v) is 29.5. The molecule has 0 spiro atoms. The summed E-state index contributed by atoms with van der Waals surface area (Å²) in [5.74, 6) is 0. The molecule has 0 aromatic carbocycles. The Bertz CT molecular complexity index is 8.00. The van der Waals surface area contributed by atoms with E-state index in [0.29, 0.717) is 0 Å². The second-order valence-electron chi connectivity index (χ2n) is 0.247. The Balaban J connectivity index is 2.32. The first-order valence-electron chi connectivity index (χ1n) is 0.655. The van der Waals surface area contributed by atoms with Gasteiger partial charge in [-0.15, -0.1) is 0 Å². The van der Waals surface area contributed by atoms with Crippen LogP contribution in [0.3, 0.4) is 0 Å². The van der Waals surface area contributed by atoms with Crippen LogP contribution in [0.2, 0.25) is 0 Å². The third-order valence-corrected chi connectivity index (χ3v) is 0. The average Bonchev–Trinajstić information content (AvgIpc) is 0.811. The second kappa shape index (κ2) is 4.16. The van der Waals surface area contributed by atoms with Gasteiger partial charge < -0.3 is 0 Å². The fourth-order valence-electron chi connectivity index (χ4n) is 0. The quantitative estimate of drug-likeness (QED) is 0.353. The predicted octanol–water partition coefficient (Wildman–Crippen LogP) is 2.01. The molecular weight excluding hydrogens is 499 g/mol. The molecule has 0 nitrogen and oxygen atoms in total. The average molecular weight is 500 g/mol. The zero-order chi connectivity index (χ0) is 3.58. The van der Waals surface area contributed by atoms with Gasteiger partial charge in [0.15, 0.2) is 0 Å². The predicted molar refractivity (Wildman–Crippen MR) is 49.2 cm³/mol. The second-order valence-corrected chi connectivity index (χ2v) is 74.7. The first-order chi connectivity index (χ1) is 1.73. The van der Waals surface area contributed by atoms with E-state index in [9.17, 15) is 0 Å². The van der Waals surface area contributed by atoms with Crippen LogP contribution >= 0.6 is 55.9 Å². The van der Waals surface area contributed by atoms with Crippen LogP contribution in [0.1, 0.15) is 0 Å². The Kier molecular flexibility index (Phi) is 7.26. The molecule has 0 saturated heterocycles. The van der Waals surface area contributed by atoms with Crippen molar-refractivity contribution in [3.05, 3.63) is 0 Å². The maximum atomic E-state index is 2.53. The SMILES string of the molecule is [I][SnH]([I])[I]. The summed E-state index contributed by atoms with van der Waals surface area (Å²) < 4.78 is 0. The Morgan fingerprint density at radius 3 is 1.00 bits per heavy atom. The van der Waals surface area contributed by atoms with E-state index in [1.165, 1.54) is 0 Å². The first kappa shape index (κ1) is 6.99. The summed E-state index contributed by atoms with van der Waals surface area (Å²) >= 11 is 7.58. The van der Waals surface area contributed by atoms with Crippen LogP contribution < -0.4 is 0 Å². The molecule has 0 amide bonds. The Morgan fingerprint density at radius 1 is 1.00 bits per heavy atom. The van der Waals surface area contributed by atoms with Crippen LogP contribution in [0.15, 0.2) is 0 Å². The molecule has 0 bridgehead atoms. The molecular formula is HI3Sn. The van der Waals surface area contributed by atoms with Crippen LogP contribution in [0.5, 0.6) is 0 Å². The van der Waals surface area contributed by atoms with Crippen molar-refractivity contribution in [1.82, 2.24) is 0 Å². The van der Waals surface area contributed by atoms with Crippen molar-refractivity contribution >= 4 is 63.8 Å². The number of hydrogen-bond acceptors (Lipinski definition) is 0. The number of hydrogen-bond donors (Lipinski definition) is 0. The van der Waals surface area contributed by atoms with E-state index >= 15 is 0 Å². The van der Waals surface area contributed by atoms with Gasteiger partial charge in [-0.3, -0.25) is 0 Å². The van der Waals surface area contributed by atoms with E-state index in [2.05, 4.69) is 55.9 Å². The third kappa shape index (κ3) is 8.89. The standard InChI is InChI=1S/3HI.Sn.H/h3*1H;;/q;;;+3;/p-3. The van der Waals surface area contributed by atoms with Gasteiger partial charge in [-0.25, -0.2) is 0 Å². The van der Waals surface area contributed by atoms with Gasteiger partial charge in [0.1, 0.15) is 0 Å². The molecule has 0 unspecified atom stereocenters. The van der Waals surface area contributed by atoms with Gasteiger partial charge in [0.2, 0.25) is 0 Å². The van der Waals surface area contributed by atoms with Crippen LogP contribution in [0.4, 0.5) is 0 Å². The number of halogens is 3. The van der Waals surface area contributed by atoms with Gasteiger partial charge in [-0.2, -0.15) is 0 Å². The Labute approximate surface area is 61.8 Å². The summed E-state index contributed by atoms with van der Waals surface area (Å²) in [6.07, 6.45) is 0. The molecule has 0 fully saturated rings. The molecule has 0 rings (SSSR count). The normalized spacial score (nSPS) is 9.00. The molecule has 0 radical (unpaired) electrons. The summed E-state index contributed by atoms with van der Waals surface area (Å²) in [4.78, 5) is 0. The van der Waals surface area contributed by atoms with Crippen molar-refractivity contribution in [2.45, 2.75) is 0 Å². The summed E-state index contributed by atoms with van der Waals surface area (Å²) in [5, 5.41) is 0. The van der Waals surface area contributed by atoms with E-state index in [1.54, 1.807) is 0 Å². The van der Waals surface area contributed by atoms with Crippen molar-refractivity contribution in [2.75, 3.05) is 0 Å². The van der Waals surface area contributed by atoms with E-state index < -0.39 is 7.86 Å². The van der Waals surface area contributed by atoms with E-state index in [0.717, 1.165) is 0 Å². The van der Waals surface area contributed by atoms with Crippen LogP contribution in [-0.4, -0.2) is 7.86 Å². The topological polar surface area (TPSA) is 0 Å². The maximum absolute atomic E-state index is 2.53. The summed E-state index contributed by atoms with van der Waals surface area (Å²) in [5.41, 5.74) is 0. The molecule has 0 atom stereocenters. The van der Waals surface area contributed by atoms with Crippen LogP contribution in [0, 0.1) is 0 Å². The molecule has 0 aliphatic heterocycles. The Morgan fingerprint density at radius 2 is 1.00 bits per heavy atom. The van der Waals surface area contributed by atoms with Gasteiger partial charge in [0.05, 0.1) is 0 Å². The summed E-state index contributed by atoms with van der Waals surface area (Å²) in [6.45, 7) is 0. The van der Waals surface area contributed by atoms with Crippen molar-refractivity contribution in [1.29, 1.82) is 0 Å². The monoisotopic (exact) mass is 502 g/mol. The van der Waals surface area contributed by atoms with Gasteiger partial charge in [-0.1, -0.05) is 0 Å². The minimum atomic E-state index is -0.727. The zero-order valence-electron chi connectivity index (χ0n) is 1.71. The molecule has 0 aliphatic rings. The van der Waals surface area contributed by atoms with E-state index in [-0.39, 0.29) is 0 Å². The van der Waals surface area contributed by atoms with Crippen LogP contribution in [-0.2, 0) is 0 Å². The third-order valence-electron chi connectivity index (χ3n) is 0. The van der Waals surface area contributed by atoms with Crippen molar-refractivity contribution in [3.8, 4) is 0 Å². The summed E-state index contributed by atoms with van der Waals surface area (Å²) in [7, 11) is -0.727. The van der Waals surface area contributed by atoms with Gasteiger partial charge in [0.25, 0.3) is 0 Å². The molecule has 0 aliphatic carbocycles. The molecule has 4 heteroatoms. The van der Waals surface area contributed by atoms with E-state index in [1.807, 2.05) is 0 Å². The van der Waals surface area contributed by atoms with Gasteiger partial charge >= 0.3 is 63.8 Å². The van der Waals surface area contributed by atoms with E-state index in [4.69, 9.17) is 0 Å². The molecule has 4 heavy (non-hydrogen) atoms. The van der Waals surface area contributed by atoms with Gasteiger partial charge in [0, 0.05) is 0 Å². The zero-order valence-corrected chi connectivity index (χ0v) is 11.5. The molecule has 0 aromatic rings. The van der Waals surface area contributed by atoms with Gasteiger partial charge in [-0.05, 0) is 0 Å². The molecule has 0 heterocycles. The molecule has 0 aromatic heterocycles. The van der Waals surface area contributed by atoms with Crippen molar-refractivity contribution in [2.24, 2.45) is 0 Å². The number of rotatable bonds is 0. The Hall–Kier alpha value is 2.99. The molecule has 0 saturated carbocycles. The molecule has 0 N–H and O–H groups in total. The molecule has 26 valence electrons. The van der Waals surface area contributed by atoms with Crippen LogP contribution in [0.25, 0.3) is 0 Å². The fourth-order valence-corrected chi connectivity index (χ4v) is 0. The fraction of sp³-hybridized carbons (Fsp3) is 0.